The van der Waals surface area contributed by atoms with Gasteiger partial charge in [0.15, 0.2) is 0 Å². The Kier molecular flexibility index (Phi) is 4.59. The molecule has 0 atom stereocenters. The Morgan fingerprint density at radius 1 is 1.38 bits per heavy atom. The van der Waals surface area contributed by atoms with Gasteiger partial charge in [0, 0.05) is 19.1 Å². The molecule has 16 heavy (non-hydrogen) atoms. The molecule has 1 heterocycles. The number of nitrogens with two attached hydrogens (primary N) is 1. The highest BCUT2D eigenvalue weighted by atomic mass is 16.2. The van der Waals surface area contributed by atoms with Crippen molar-refractivity contribution in [2.75, 3.05) is 19.6 Å². The first-order chi connectivity index (χ1) is 7.38. The fourth-order valence-corrected chi connectivity index (χ4v) is 1.96. The minimum atomic E-state index is -0.284. The number of likely N-dealkylation sites (tertiary alicyclic amines) is 1. The molecule has 1 aliphatic heterocycles. The molecule has 0 bridgehead atoms. The van der Waals surface area contributed by atoms with Crippen LogP contribution in [0.2, 0.25) is 0 Å². The topological polar surface area (TPSA) is 58.4 Å². The highest BCUT2D eigenvalue weighted by Gasteiger charge is 2.21. The van der Waals surface area contributed by atoms with E-state index in [0.29, 0.717) is 11.5 Å². The Bertz CT molecular complexity index is 227. The van der Waals surface area contributed by atoms with E-state index < -0.39 is 0 Å². The first kappa shape index (κ1) is 13.3. The molecule has 0 saturated carbocycles. The number of hydrogen-bond donors (Lipinski definition) is 2. The zero-order chi connectivity index (χ0) is 12.2. The second-order valence-electron chi connectivity index (χ2n) is 5.86. The van der Waals surface area contributed by atoms with Crippen LogP contribution in [0.4, 0.5) is 4.79 Å². The summed E-state index contributed by atoms with van der Waals surface area (Å²) in [5.41, 5.74) is 5.63. The van der Waals surface area contributed by atoms with Gasteiger partial charge in [-0.1, -0.05) is 20.8 Å². The third-order valence-electron chi connectivity index (χ3n) is 3.11. The van der Waals surface area contributed by atoms with Crippen LogP contribution in [0.15, 0.2) is 0 Å². The van der Waals surface area contributed by atoms with Crippen molar-refractivity contribution < 1.29 is 4.79 Å². The molecule has 0 unspecified atom stereocenters. The van der Waals surface area contributed by atoms with Gasteiger partial charge in [0.25, 0.3) is 0 Å². The predicted molar refractivity (Wildman–Crippen MR) is 66.3 cm³/mol. The summed E-state index contributed by atoms with van der Waals surface area (Å²) in [6.07, 6.45) is 3.23. The van der Waals surface area contributed by atoms with Gasteiger partial charge in [-0.3, -0.25) is 0 Å². The Morgan fingerprint density at radius 3 is 2.38 bits per heavy atom. The van der Waals surface area contributed by atoms with E-state index in [4.69, 9.17) is 5.73 Å². The Balaban J connectivity index is 2.15. The minimum Gasteiger partial charge on any atom is -0.351 e. The average Bonchev–Trinajstić information content (AvgIpc) is 2.16. The quantitative estimate of drug-likeness (QED) is 0.768. The van der Waals surface area contributed by atoms with Crippen LogP contribution >= 0.6 is 0 Å². The van der Waals surface area contributed by atoms with Crippen molar-refractivity contribution in [3.63, 3.8) is 0 Å². The van der Waals surface area contributed by atoms with Crippen LogP contribution in [0.5, 0.6) is 0 Å². The molecule has 0 aromatic heterocycles. The van der Waals surface area contributed by atoms with Gasteiger partial charge in [-0.15, -0.1) is 0 Å². The summed E-state index contributed by atoms with van der Waals surface area (Å²) in [7, 11) is 0. The minimum absolute atomic E-state index is 0.284. The molecule has 0 radical (unpaired) electrons. The molecule has 4 heteroatoms. The molecule has 0 aliphatic carbocycles. The van der Waals surface area contributed by atoms with Gasteiger partial charge in [-0.05, 0) is 31.2 Å². The smallest absolute Gasteiger partial charge is 0.314 e. The van der Waals surface area contributed by atoms with Gasteiger partial charge in [-0.2, -0.15) is 0 Å². The number of piperidine rings is 1. The predicted octanol–water partition coefficient (Wildman–Crippen LogP) is 1.56. The molecular formula is C12H25N3O. The van der Waals surface area contributed by atoms with Gasteiger partial charge in [-0.25, -0.2) is 4.79 Å². The summed E-state index contributed by atoms with van der Waals surface area (Å²) in [6.45, 7) is 9.41. The maximum atomic E-state index is 10.9. The van der Waals surface area contributed by atoms with E-state index in [1.54, 1.807) is 4.90 Å². The lowest BCUT2D eigenvalue weighted by Crippen LogP contribution is -2.47. The summed E-state index contributed by atoms with van der Waals surface area (Å²) in [5, 5.41) is 3.56. The van der Waals surface area contributed by atoms with E-state index in [1.807, 2.05) is 0 Å². The molecule has 1 rings (SSSR count). The van der Waals surface area contributed by atoms with Crippen molar-refractivity contribution >= 4 is 6.03 Å². The molecule has 4 nitrogen and oxygen atoms in total. The van der Waals surface area contributed by atoms with Gasteiger partial charge >= 0.3 is 6.03 Å². The highest BCUT2D eigenvalue weighted by molar-refractivity contribution is 5.72. The van der Waals surface area contributed by atoms with Gasteiger partial charge in [0.1, 0.15) is 0 Å². The summed E-state index contributed by atoms with van der Waals surface area (Å²) >= 11 is 0. The maximum absolute atomic E-state index is 10.9. The van der Waals surface area contributed by atoms with Crippen molar-refractivity contribution in [2.24, 2.45) is 11.1 Å². The largest absolute Gasteiger partial charge is 0.351 e. The first-order valence-corrected chi connectivity index (χ1v) is 6.16. The SMILES string of the molecule is CC(C)(C)CCNC1CCN(C(N)=O)CC1. The van der Waals surface area contributed by atoms with Crippen LogP contribution in [-0.2, 0) is 0 Å². The maximum Gasteiger partial charge on any atom is 0.314 e. The van der Waals surface area contributed by atoms with Crippen molar-refractivity contribution in [3.8, 4) is 0 Å². The lowest BCUT2D eigenvalue weighted by atomic mass is 9.92. The zero-order valence-corrected chi connectivity index (χ0v) is 10.8. The van der Waals surface area contributed by atoms with Gasteiger partial charge in [0.2, 0.25) is 0 Å². The summed E-state index contributed by atoms with van der Waals surface area (Å²) in [4.78, 5) is 12.7. The fourth-order valence-electron chi connectivity index (χ4n) is 1.96. The summed E-state index contributed by atoms with van der Waals surface area (Å²) in [5.74, 6) is 0. The van der Waals surface area contributed by atoms with Crippen LogP contribution in [-0.4, -0.2) is 36.6 Å². The number of nitrogens with zero attached hydrogens (tertiary/aromatic N) is 1. The number of amides is 2. The zero-order valence-electron chi connectivity index (χ0n) is 10.8. The lowest BCUT2D eigenvalue weighted by molar-refractivity contribution is 0.184. The monoisotopic (exact) mass is 227 g/mol. The number of carbonyl (C=O) groups is 1. The Hall–Kier alpha value is -0.770. The van der Waals surface area contributed by atoms with Gasteiger partial charge in [0.05, 0.1) is 0 Å². The molecule has 1 fully saturated rings. The van der Waals surface area contributed by atoms with Crippen molar-refractivity contribution in [2.45, 2.75) is 46.1 Å². The van der Waals surface area contributed by atoms with E-state index in [1.165, 1.54) is 6.42 Å². The van der Waals surface area contributed by atoms with E-state index in [-0.39, 0.29) is 6.03 Å². The van der Waals surface area contributed by atoms with E-state index in [0.717, 1.165) is 32.5 Å². The Labute approximate surface area is 98.6 Å². The molecule has 0 aromatic carbocycles. The normalized spacial score (nSPS) is 18.8. The molecule has 2 amide bonds. The number of urea groups is 1. The number of nitrogens with one attached hydrogen (secondary N) is 1. The van der Waals surface area contributed by atoms with Crippen molar-refractivity contribution in [3.05, 3.63) is 0 Å². The third kappa shape index (κ3) is 4.84. The standard InChI is InChI=1S/C12H25N3O/c1-12(2,3)6-7-14-10-4-8-15(9-5-10)11(13)16/h10,14H,4-9H2,1-3H3,(H2,13,16). The Morgan fingerprint density at radius 2 is 1.94 bits per heavy atom. The van der Waals surface area contributed by atoms with E-state index in [9.17, 15) is 4.79 Å². The average molecular weight is 227 g/mol. The molecule has 1 saturated heterocycles. The second kappa shape index (κ2) is 5.53. The molecule has 3 N–H and O–H groups in total. The number of primary amides is 1. The van der Waals surface area contributed by atoms with E-state index >= 15 is 0 Å². The first-order valence-electron chi connectivity index (χ1n) is 6.16. The number of carbonyl (C=O) groups excluding carboxylic acids is 1. The lowest BCUT2D eigenvalue weighted by Gasteiger charge is -2.32. The summed E-state index contributed by atoms with van der Waals surface area (Å²) in [6, 6.07) is 0.270. The van der Waals surface area contributed by atoms with E-state index in [2.05, 4.69) is 26.1 Å². The summed E-state index contributed by atoms with van der Waals surface area (Å²) < 4.78 is 0. The van der Waals surface area contributed by atoms with Crippen molar-refractivity contribution in [1.29, 1.82) is 0 Å². The molecule has 1 aliphatic rings. The second-order valence-corrected chi connectivity index (χ2v) is 5.86. The highest BCUT2D eigenvalue weighted by Crippen LogP contribution is 2.18. The third-order valence-corrected chi connectivity index (χ3v) is 3.11. The van der Waals surface area contributed by atoms with Crippen LogP contribution in [0.1, 0.15) is 40.0 Å². The number of rotatable bonds is 3. The van der Waals surface area contributed by atoms with Crippen LogP contribution in [0, 0.1) is 5.41 Å². The molecule has 0 spiro atoms. The van der Waals surface area contributed by atoms with Crippen LogP contribution in [0.3, 0.4) is 0 Å². The van der Waals surface area contributed by atoms with Crippen molar-refractivity contribution in [1.82, 2.24) is 10.2 Å². The molecule has 94 valence electrons. The molecule has 0 aromatic rings. The van der Waals surface area contributed by atoms with Crippen LogP contribution < -0.4 is 11.1 Å². The molecular weight excluding hydrogens is 202 g/mol. The van der Waals surface area contributed by atoms with Crippen LogP contribution in [0.25, 0.3) is 0 Å². The van der Waals surface area contributed by atoms with Gasteiger partial charge < -0.3 is 16.0 Å². The number of hydrogen-bond acceptors (Lipinski definition) is 2. The fraction of sp³-hybridized carbons (Fsp3) is 0.917.